The van der Waals surface area contributed by atoms with E-state index in [9.17, 15) is 4.79 Å². The minimum absolute atomic E-state index is 0.00281. The summed E-state index contributed by atoms with van der Waals surface area (Å²) in [5, 5.41) is -0.560. The second kappa shape index (κ2) is 5.09. The molecule has 1 aromatic rings. The maximum atomic E-state index is 12.1. The Bertz CT molecular complexity index is 392. The van der Waals surface area contributed by atoms with Gasteiger partial charge in [0.25, 0.3) is 0 Å². The van der Waals surface area contributed by atoms with Crippen LogP contribution in [0.2, 0.25) is 0 Å². The fraction of sp³-hybridized carbons (Fsp3) is 0.500. The van der Waals surface area contributed by atoms with Crippen LogP contribution in [0.5, 0.6) is 0 Å². The molecule has 92 valence electrons. The van der Waals surface area contributed by atoms with Crippen molar-refractivity contribution in [2.24, 2.45) is 11.8 Å². The number of likely N-dealkylation sites (N-methyl/N-ethyl adjacent to an activating group) is 1. The Morgan fingerprint density at radius 3 is 2.59 bits per heavy atom. The summed E-state index contributed by atoms with van der Waals surface area (Å²) >= 11 is 6.20. The molecule has 3 heteroatoms. The van der Waals surface area contributed by atoms with Gasteiger partial charge in [-0.1, -0.05) is 37.3 Å². The topological polar surface area (TPSA) is 20.3 Å². The molecule has 0 radical (unpaired) electrons. The molecule has 0 aliphatic heterocycles. The molecule has 17 heavy (non-hydrogen) atoms. The summed E-state index contributed by atoms with van der Waals surface area (Å²) in [5.74, 6) is 1.43. The maximum absolute atomic E-state index is 12.1. The number of alkyl halides is 1. The van der Waals surface area contributed by atoms with Crippen LogP contribution in [0.4, 0.5) is 0 Å². The molecule has 1 fully saturated rings. The molecular formula is C14H18ClNO. The first-order valence-corrected chi connectivity index (χ1v) is 6.47. The van der Waals surface area contributed by atoms with Crippen molar-refractivity contribution in [3.8, 4) is 0 Å². The fourth-order valence-electron chi connectivity index (χ4n) is 2.05. The van der Waals surface area contributed by atoms with E-state index in [2.05, 4.69) is 6.92 Å². The zero-order chi connectivity index (χ0) is 12.4. The normalized spacial score (nSPS) is 24.2. The van der Waals surface area contributed by atoms with Gasteiger partial charge in [-0.05, 0) is 23.8 Å². The number of hydrogen-bond donors (Lipinski definition) is 0. The summed E-state index contributed by atoms with van der Waals surface area (Å²) in [7, 11) is 1.84. The molecule has 0 heterocycles. The molecule has 0 N–H and O–H groups in total. The summed E-state index contributed by atoms with van der Waals surface area (Å²) in [6.07, 6.45) is 1.23. The Hall–Kier alpha value is -1.02. The van der Waals surface area contributed by atoms with Crippen molar-refractivity contribution in [3.05, 3.63) is 35.9 Å². The van der Waals surface area contributed by atoms with Crippen molar-refractivity contribution in [2.75, 3.05) is 13.6 Å². The third-order valence-corrected chi connectivity index (χ3v) is 3.91. The highest BCUT2D eigenvalue weighted by Gasteiger charge is 2.35. The molecule has 3 unspecified atom stereocenters. The van der Waals surface area contributed by atoms with Crippen molar-refractivity contribution >= 4 is 17.5 Å². The van der Waals surface area contributed by atoms with E-state index in [1.165, 1.54) is 6.42 Å². The van der Waals surface area contributed by atoms with Gasteiger partial charge in [-0.15, -0.1) is 11.6 Å². The second-order valence-corrected chi connectivity index (χ2v) is 5.40. The van der Waals surface area contributed by atoms with Gasteiger partial charge in [0, 0.05) is 13.6 Å². The number of amides is 1. The van der Waals surface area contributed by atoms with Crippen molar-refractivity contribution in [1.82, 2.24) is 4.90 Å². The summed E-state index contributed by atoms with van der Waals surface area (Å²) in [6, 6.07) is 9.52. The molecule has 1 aromatic carbocycles. The van der Waals surface area contributed by atoms with Crippen LogP contribution in [0.25, 0.3) is 0 Å². The molecule has 3 atom stereocenters. The third kappa shape index (κ3) is 3.01. The summed E-state index contributed by atoms with van der Waals surface area (Å²) in [6.45, 7) is 3.05. The first-order chi connectivity index (χ1) is 8.09. The number of carbonyl (C=O) groups is 1. The molecule has 1 aliphatic carbocycles. The van der Waals surface area contributed by atoms with Gasteiger partial charge in [0.1, 0.15) is 5.38 Å². The van der Waals surface area contributed by atoms with Crippen LogP contribution >= 0.6 is 11.6 Å². The number of hydrogen-bond acceptors (Lipinski definition) is 1. The van der Waals surface area contributed by atoms with Gasteiger partial charge < -0.3 is 4.90 Å². The van der Waals surface area contributed by atoms with E-state index in [1.54, 1.807) is 4.90 Å². The summed E-state index contributed by atoms with van der Waals surface area (Å²) in [5.41, 5.74) is 0.870. The Labute approximate surface area is 108 Å². The van der Waals surface area contributed by atoms with Gasteiger partial charge in [0.05, 0.1) is 0 Å². The smallest absolute Gasteiger partial charge is 0.244 e. The van der Waals surface area contributed by atoms with Gasteiger partial charge in [-0.3, -0.25) is 4.79 Å². The molecule has 0 saturated heterocycles. The lowest BCUT2D eigenvalue weighted by atomic mass is 10.1. The maximum Gasteiger partial charge on any atom is 0.244 e. The van der Waals surface area contributed by atoms with Crippen LogP contribution in [0.1, 0.15) is 24.3 Å². The second-order valence-electron chi connectivity index (χ2n) is 4.97. The van der Waals surface area contributed by atoms with Crippen LogP contribution in [-0.2, 0) is 4.79 Å². The van der Waals surface area contributed by atoms with Gasteiger partial charge >= 0.3 is 0 Å². The average molecular weight is 252 g/mol. The van der Waals surface area contributed by atoms with Crippen molar-refractivity contribution in [2.45, 2.75) is 18.7 Å². The van der Waals surface area contributed by atoms with Gasteiger partial charge in [0.15, 0.2) is 0 Å². The largest absolute Gasteiger partial charge is 0.344 e. The van der Waals surface area contributed by atoms with Crippen LogP contribution in [0, 0.1) is 11.8 Å². The van der Waals surface area contributed by atoms with Crippen molar-refractivity contribution in [1.29, 1.82) is 0 Å². The number of carbonyl (C=O) groups excluding carboxylic acids is 1. The summed E-state index contributed by atoms with van der Waals surface area (Å²) < 4.78 is 0. The molecule has 1 saturated carbocycles. The minimum Gasteiger partial charge on any atom is -0.344 e. The Morgan fingerprint density at radius 1 is 1.47 bits per heavy atom. The highest BCUT2D eigenvalue weighted by Crippen LogP contribution is 2.38. The number of nitrogens with zero attached hydrogens (tertiary/aromatic N) is 1. The van der Waals surface area contributed by atoms with Crippen LogP contribution in [-0.4, -0.2) is 24.4 Å². The monoisotopic (exact) mass is 251 g/mol. The molecule has 2 rings (SSSR count). The average Bonchev–Trinajstić information content (AvgIpc) is 3.04. The predicted molar refractivity (Wildman–Crippen MR) is 69.9 cm³/mol. The highest BCUT2D eigenvalue weighted by atomic mass is 35.5. The van der Waals surface area contributed by atoms with Crippen LogP contribution in [0.3, 0.4) is 0 Å². The Balaban J connectivity index is 1.94. The lowest BCUT2D eigenvalue weighted by molar-refractivity contribution is -0.129. The van der Waals surface area contributed by atoms with Gasteiger partial charge in [0.2, 0.25) is 5.91 Å². The van der Waals surface area contributed by atoms with E-state index in [-0.39, 0.29) is 5.91 Å². The molecule has 0 aromatic heterocycles. The van der Waals surface area contributed by atoms with E-state index in [0.29, 0.717) is 5.92 Å². The Kier molecular flexibility index (Phi) is 3.72. The SMILES string of the molecule is CC1CC1CN(C)C(=O)C(Cl)c1ccccc1. The third-order valence-electron chi connectivity index (χ3n) is 3.47. The van der Waals surface area contributed by atoms with Crippen molar-refractivity contribution < 1.29 is 4.79 Å². The quantitative estimate of drug-likeness (QED) is 0.753. The first-order valence-electron chi connectivity index (χ1n) is 6.03. The minimum atomic E-state index is -0.560. The molecule has 1 aliphatic rings. The highest BCUT2D eigenvalue weighted by molar-refractivity contribution is 6.30. The van der Waals surface area contributed by atoms with E-state index in [0.717, 1.165) is 18.0 Å². The summed E-state index contributed by atoms with van der Waals surface area (Å²) in [4.78, 5) is 13.9. The molecule has 2 nitrogen and oxygen atoms in total. The molecule has 0 spiro atoms. The van der Waals surface area contributed by atoms with E-state index in [4.69, 9.17) is 11.6 Å². The zero-order valence-electron chi connectivity index (χ0n) is 10.3. The molecular weight excluding hydrogens is 234 g/mol. The molecule has 1 amide bonds. The standard InChI is InChI=1S/C14H18ClNO/c1-10-8-12(10)9-16(2)14(17)13(15)11-6-4-3-5-7-11/h3-7,10,12-13H,8-9H2,1-2H3. The van der Waals surface area contributed by atoms with E-state index < -0.39 is 5.38 Å². The lowest BCUT2D eigenvalue weighted by Crippen LogP contribution is -2.31. The lowest BCUT2D eigenvalue weighted by Gasteiger charge is -2.20. The fourth-order valence-corrected chi connectivity index (χ4v) is 2.37. The molecule has 0 bridgehead atoms. The van der Waals surface area contributed by atoms with Gasteiger partial charge in [-0.2, -0.15) is 0 Å². The van der Waals surface area contributed by atoms with Crippen LogP contribution in [0.15, 0.2) is 30.3 Å². The predicted octanol–water partition coefficient (Wildman–Crippen LogP) is 3.08. The van der Waals surface area contributed by atoms with E-state index in [1.807, 2.05) is 37.4 Å². The first kappa shape index (κ1) is 12.4. The van der Waals surface area contributed by atoms with Gasteiger partial charge in [-0.25, -0.2) is 0 Å². The number of halogens is 1. The number of rotatable bonds is 4. The zero-order valence-corrected chi connectivity index (χ0v) is 11.0. The van der Waals surface area contributed by atoms with E-state index >= 15 is 0 Å². The Morgan fingerprint density at radius 2 is 2.06 bits per heavy atom. The van der Waals surface area contributed by atoms with Crippen LogP contribution < -0.4 is 0 Å². The number of benzene rings is 1. The van der Waals surface area contributed by atoms with Crippen molar-refractivity contribution in [3.63, 3.8) is 0 Å².